The summed E-state index contributed by atoms with van der Waals surface area (Å²) in [5.74, 6) is 0.770. The quantitative estimate of drug-likeness (QED) is 0.777. The molecule has 1 aromatic heterocycles. The van der Waals surface area contributed by atoms with E-state index >= 15 is 0 Å². The molecule has 0 spiro atoms. The number of fused-ring (bicyclic) bond motifs is 3. The molecular formula is C18H31N5O2. The zero-order valence-electron chi connectivity index (χ0n) is 15.9. The smallest absolute Gasteiger partial charge is 0.224 e. The Morgan fingerprint density at radius 2 is 2.24 bits per heavy atom. The van der Waals surface area contributed by atoms with Crippen molar-refractivity contribution in [2.24, 2.45) is 11.8 Å². The highest BCUT2D eigenvalue weighted by Gasteiger charge is 2.43. The average Bonchev–Trinajstić information content (AvgIpc) is 3.04. The Morgan fingerprint density at radius 1 is 1.44 bits per heavy atom. The number of nitrogens with zero attached hydrogens (tertiary/aromatic N) is 4. The van der Waals surface area contributed by atoms with Gasteiger partial charge in [-0.15, -0.1) is 5.10 Å². The van der Waals surface area contributed by atoms with Crippen LogP contribution in [0.15, 0.2) is 6.20 Å². The molecule has 0 radical (unpaired) electrons. The molecule has 0 aromatic carbocycles. The highest BCUT2D eigenvalue weighted by atomic mass is 16.5. The number of rotatable bonds is 6. The van der Waals surface area contributed by atoms with Gasteiger partial charge in [0, 0.05) is 37.9 Å². The van der Waals surface area contributed by atoms with Crippen molar-refractivity contribution in [1.29, 1.82) is 0 Å². The molecule has 25 heavy (non-hydrogen) atoms. The van der Waals surface area contributed by atoms with Gasteiger partial charge in [-0.2, -0.15) is 0 Å². The normalized spacial score (nSPS) is 29.0. The summed E-state index contributed by atoms with van der Waals surface area (Å²) in [7, 11) is 1.65. The fourth-order valence-corrected chi connectivity index (χ4v) is 3.98. The highest BCUT2D eigenvalue weighted by Crippen LogP contribution is 2.37. The van der Waals surface area contributed by atoms with Crippen LogP contribution in [0.1, 0.15) is 39.3 Å². The van der Waals surface area contributed by atoms with Crippen LogP contribution in [0.3, 0.4) is 0 Å². The predicted molar refractivity (Wildman–Crippen MR) is 95.2 cm³/mol. The van der Waals surface area contributed by atoms with Crippen LogP contribution in [0.25, 0.3) is 0 Å². The topological polar surface area (TPSA) is 72.3 Å². The molecule has 7 nitrogen and oxygen atoms in total. The van der Waals surface area contributed by atoms with E-state index in [2.05, 4.69) is 47.5 Å². The van der Waals surface area contributed by atoms with Crippen LogP contribution in [-0.2, 0) is 21.5 Å². The summed E-state index contributed by atoms with van der Waals surface area (Å²) in [4.78, 5) is 14.9. The molecule has 140 valence electrons. The zero-order chi connectivity index (χ0) is 18.0. The Morgan fingerprint density at radius 3 is 2.84 bits per heavy atom. The summed E-state index contributed by atoms with van der Waals surface area (Å²) < 4.78 is 6.98. The third-order valence-corrected chi connectivity index (χ3v) is 5.53. The summed E-state index contributed by atoms with van der Waals surface area (Å²) in [5, 5.41) is 11.6. The van der Waals surface area contributed by atoms with Crippen molar-refractivity contribution >= 4 is 5.91 Å². The fourth-order valence-electron chi connectivity index (χ4n) is 3.98. The second-order valence-corrected chi connectivity index (χ2v) is 8.40. The predicted octanol–water partition coefficient (Wildman–Crippen LogP) is 1.05. The van der Waals surface area contributed by atoms with E-state index < -0.39 is 0 Å². The number of piperidine rings is 3. The summed E-state index contributed by atoms with van der Waals surface area (Å²) in [5.41, 5.74) is 1.05. The van der Waals surface area contributed by atoms with Crippen LogP contribution in [0.5, 0.6) is 0 Å². The highest BCUT2D eigenvalue weighted by molar-refractivity contribution is 5.79. The van der Waals surface area contributed by atoms with Crippen LogP contribution < -0.4 is 5.32 Å². The van der Waals surface area contributed by atoms with E-state index in [0.29, 0.717) is 25.1 Å². The van der Waals surface area contributed by atoms with E-state index in [1.807, 2.05) is 4.68 Å². The number of hydrogen-bond donors (Lipinski definition) is 1. The molecule has 1 unspecified atom stereocenters. The molecular weight excluding hydrogens is 318 g/mol. The van der Waals surface area contributed by atoms with Crippen LogP contribution in [-0.4, -0.2) is 65.2 Å². The lowest BCUT2D eigenvalue weighted by Crippen LogP contribution is -2.58. The summed E-state index contributed by atoms with van der Waals surface area (Å²) >= 11 is 0. The summed E-state index contributed by atoms with van der Waals surface area (Å²) in [6.45, 7) is 10.4. The Hall–Kier alpha value is -1.47. The molecule has 3 aliphatic rings. The molecule has 2 bridgehead atoms. The van der Waals surface area contributed by atoms with E-state index in [0.717, 1.165) is 38.2 Å². The largest absolute Gasteiger partial charge is 0.383 e. The molecule has 4 atom stereocenters. The van der Waals surface area contributed by atoms with E-state index in [9.17, 15) is 4.79 Å². The van der Waals surface area contributed by atoms with Gasteiger partial charge in [0.15, 0.2) is 0 Å². The van der Waals surface area contributed by atoms with Crippen molar-refractivity contribution in [2.75, 3.05) is 33.4 Å². The van der Waals surface area contributed by atoms with E-state index in [-0.39, 0.29) is 17.2 Å². The standard InChI is InChI=1S/C18H31N5O2/c1-18(2,3)16-12-23(21-20-16)10-14-9-13-5-7-22(14)11-15(13)17(24)19-6-8-25-4/h12-15H,5-11H2,1-4H3,(H,19,24)/t13-,14+,15-/m0/s1. The van der Waals surface area contributed by atoms with Crippen molar-refractivity contribution in [3.63, 3.8) is 0 Å². The van der Waals surface area contributed by atoms with Crippen molar-refractivity contribution in [1.82, 2.24) is 25.2 Å². The Labute approximate surface area is 150 Å². The fraction of sp³-hybridized carbons (Fsp3) is 0.833. The molecule has 0 saturated carbocycles. The lowest BCUT2D eigenvalue weighted by Gasteiger charge is -2.49. The molecule has 1 amide bonds. The minimum absolute atomic E-state index is 0.0233. The molecule has 1 aromatic rings. The van der Waals surface area contributed by atoms with Crippen LogP contribution >= 0.6 is 0 Å². The third kappa shape index (κ3) is 4.20. The molecule has 0 aliphatic carbocycles. The number of nitrogens with one attached hydrogen (secondary N) is 1. The van der Waals surface area contributed by atoms with Gasteiger partial charge in [0.25, 0.3) is 0 Å². The number of methoxy groups -OCH3 is 1. The van der Waals surface area contributed by atoms with Gasteiger partial charge in [0.1, 0.15) is 0 Å². The van der Waals surface area contributed by atoms with E-state index in [4.69, 9.17) is 4.74 Å². The van der Waals surface area contributed by atoms with Crippen LogP contribution in [0.4, 0.5) is 0 Å². The van der Waals surface area contributed by atoms with Crippen molar-refractivity contribution in [3.8, 4) is 0 Å². The SMILES string of the molecule is COCCNC(=O)[C@H]1CN2CC[C@H]1C[C@@H]2Cn1cc(C(C)(C)C)nn1. The van der Waals surface area contributed by atoms with Gasteiger partial charge >= 0.3 is 0 Å². The maximum Gasteiger partial charge on any atom is 0.224 e. The Balaban J connectivity index is 1.57. The molecule has 4 heterocycles. The first-order chi connectivity index (χ1) is 11.9. The number of hydrogen-bond acceptors (Lipinski definition) is 5. The second-order valence-electron chi connectivity index (χ2n) is 8.40. The average molecular weight is 349 g/mol. The number of carbonyl (C=O) groups excluding carboxylic acids is 1. The molecule has 1 N–H and O–H groups in total. The molecule has 4 rings (SSSR count). The number of aromatic nitrogens is 3. The lowest BCUT2D eigenvalue weighted by molar-refractivity contribution is -0.133. The van der Waals surface area contributed by atoms with Gasteiger partial charge in [0.2, 0.25) is 5.91 Å². The Kier molecular flexibility index (Phi) is 5.43. The minimum Gasteiger partial charge on any atom is -0.383 e. The second kappa shape index (κ2) is 7.41. The number of amides is 1. The molecule has 3 aliphatic heterocycles. The Bertz CT molecular complexity index is 595. The van der Waals surface area contributed by atoms with Gasteiger partial charge in [-0.05, 0) is 25.3 Å². The van der Waals surface area contributed by atoms with Crippen molar-refractivity contribution in [3.05, 3.63) is 11.9 Å². The van der Waals surface area contributed by atoms with E-state index in [1.165, 1.54) is 0 Å². The van der Waals surface area contributed by atoms with Gasteiger partial charge in [-0.1, -0.05) is 26.0 Å². The van der Waals surface area contributed by atoms with Crippen LogP contribution in [0.2, 0.25) is 0 Å². The lowest BCUT2D eigenvalue weighted by atomic mass is 9.75. The zero-order valence-corrected chi connectivity index (χ0v) is 15.9. The van der Waals surface area contributed by atoms with Crippen molar-refractivity contribution < 1.29 is 9.53 Å². The number of carbonyl (C=O) groups is 1. The third-order valence-electron chi connectivity index (χ3n) is 5.53. The maximum absolute atomic E-state index is 12.4. The molecule has 3 saturated heterocycles. The van der Waals surface area contributed by atoms with Gasteiger partial charge in [0.05, 0.1) is 24.8 Å². The first kappa shape index (κ1) is 18.3. The maximum atomic E-state index is 12.4. The van der Waals surface area contributed by atoms with Gasteiger partial charge in [-0.3, -0.25) is 14.4 Å². The monoisotopic (exact) mass is 349 g/mol. The molecule has 7 heteroatoms. The van der Waals surface area contributed by atoms with Crippen LogP contribution in [0, 0.1) is 11.8 Å². The van der Waals surface area contributed by atoms with E-state index in [1.54, 1.807) is 7.11 Å². The number of ether oxygens (including phenoxy) is 1. The first-order valence-electron chi connectivity index (χ1n) is 9.30. The van der Waals surface area contributed by atoms with Gasteiger partial charge in [-0.25, -0.2) is 0 Å². The molecule has 3 fully saturated rings. The minimum atomic E-state index is 0.0233. The van der Waals surface area contributed by atoms with Crippen molar-refractivity contribution in [2.45, 2.75) is 51.6 Å². The summed E-state index contributed by atoms with van der Waals surface area (Å²) in [6, 6.07) is 0.455. The van der Waals surface area contributed by atoms with Gasteiger partial charge < -0.3 is 10.1 Å². The first-order valence-corrected chi connectivity index (χ1v) is 9.30. The summed E-state index contributed by atoms with van der Waals surface area (Å²) in [6.07, 6.45) is 4.24.